The third kappa shape index (κ3) is 1.86. The number of fused-ring (bicyclic) bond motifs is 1. The van der Waals surface area contributed by atoms with Crippen LogP contribution < -0.4 is 0 Å². The molecule has 5 heteroatoms. The summed E-state index contributed by atoms with van der Waals surface area (Å²) in [6.07, 6.45) is 5.13. The van der Waals surface area contributed by atoms with E-state index in [1.807, 2.05) is 4.57 Å². The summed E-state index contributed by atoms with van der Waals surface area (Å²) in [5.74, 6) is 0.0232. The summed E-state index contributed by atoms with van der Waals surface area (Å²) in [6, 6.07) is 3.65. The van der Waals surface area contributed by atoms with Gasteiger partial charge in [-0.25, -0.2) is 4.98 Å². The standard InChI is InChI=1S/C12H15N3O2/c16-9-3-1-8(2-4-9)15-7-13-10-5-6-11(17)14-12(10)15/h5-9,16H,1-4H2,(H,14,17). The van der Waals surface area contributed by atoms with Crippen molar-refractivity contribution in [2.75, 3.05) is 0 Å². The fraction of sp³-hybridized carbons (Fsp3) is 0.500. The summed E-state index contributed by atoms with van der Waals surface area (Å²) < 4.78 is 2.01. The molecular weight excluding hydrogens is 218 g/mol. The molecule has 0 aliphatic heterocycles. The van der Waals surface area contributed by atoms with E-state index in [0.29, 0.717) is 6.04 Å². The first kappa shape index (κ1) is 10.5. The average Bonchev–Trinajstić information content (AvgIpc) is 2.73. The molecule has 2 aromatic heterocycles. The van der Waals surface area contributed by atoms with Crippen molar-refractivity contribution in [3.8, 4) is 5.88 Å². The predicted molar refractivity (Wildman–Crippen MR) is 62.7 cm³/mol. The zero-order chi connectivity index (χ0) is 11.8. The molecule has 0 amide bonds. The van der Waals surface area contributed by atoms with Crippen LogP contribution in [0.4, 0.5) is 0 Å². The van der Waals surface area contributed by atoms with Gasteiger partial charge in [-0.05, 0) is 31.7 Å². The number of rotatable bonds is 1. The fourth-order valence-corrected chi connectivity index (χ4v) is 2.50. The second kappa shape index (κ2) is 4.00. The lowest BCUT2D eigenvalue weighted by Crippen LogP contribution is -2.20. The highest BCUT2D eigenvalue weighted by Gasteiger charge is 2.22. The van der Waals surface area contributed by atoms with Crippen LogP contribution in [0.2, 0.25) is 0 Å². The molecular formula is C12H15N3O2. The Morgan fingerprint density at radius 1 is 1.18 bits per heavy atom. The average molecular weight is 233 g/mol. The first-order valence-corrected chi connectivity index (χ1v) is 5.94. The summed E-state index contributed by atoms with van der Waals surface area (Å²) in [5.41, 5.74) is 1.53. The SMILES string of the molecule is Oc1ccc2ncn(C3CCC(O)CC3)c2n1. The molecule has 0 unspecified atom stereocenters. The Labute approximate surface area is 98.7 Å². The molecule has 0 bridgehead atoms. The third-order valence-corrected chi connectivity index (χ3v) is 3.47. The molecule has 0 saturated heterocycles. The van der Waals surface area contributed by atoms with Crippen molar-refractivity contribution in [2.24, 2.45) is 0 Å². The minimum atomic E-state index is -0.164. The number of aliphatic hydroxyl groups excluding tert-OH is 1. The maximum absolute atomic E-state index is 9.50. The largest absolute Gasteiger partial charge is 0.493 e. The lowest BCUT2D eigenvalue weighted by Gasteiger charge is -2.26. The highest BCUT2D eigenvalue weighted by molar-refractivity contribution is 5.71. The van der Waals surface area contributed by atoms with Crippen LogP contribution in [0.25, 0.3) is 11.2 Å². The van der Waals surface area contributed by atoms with Gasteiger partial charge in [0.05, 0.1) is 12.4 Å². The Kier molecular flexibility index (Phi) is 2.48. The van der Waals surface area contributed by atoms with Crippen molar-refractivity contribution in [3.63, 3.8) is 0 Å². The van der Waals surface area contributed by atoms with Crippen molar-refractivity contribution in [1.82, 2.24) is 14.5 Å². The molecule has 2 heterocycles. The normalized spacial score (nSPS) is 25.2. The van der Waals surface area contributed by atoms with Gasteiger partial charge >= 0.3 is 0 Å². The molecule has 2 N–H and O–H groups in total. The highest BCUT2D eigenvalue weighted by Crippen LogP contribution is 2.30. The van der Waals surface area contributed by atoms with Gasteiger partial charge in [-0.15, -0.1) is 0 Å². The van der Waals surface area contributed by atoms with Crippen molar-refractivity contribution in [2.45, 2.75) is 37.8 Å². The minimum absolute atomic E-state index is 0.0232. The molecule has 5 nitrogen and oxygen atoms in total. The van der Waals surface area contributed by atoms with Gasteiger partial charge in [-0.1, -0.05) is 0 Å². The Hall–Kier alpha value is -1.62. The molecule has 0 atom stereocenters. The van der Waals surface area contributed by atoms with E-state index < -0.39 is 0 Å². The molecule has 17 heavy (non-hydrogen) atoms. The van der Waals surface area contributed by atoms with Gasteiger partial charge in [0, 0.05) is 12.1 Å². The molecule has 1 aliphatic carbocycles. The van der Waals surface area contributed by atoms with Crippen LogP contribution in [0, 0.1) is 0 Å². The Balaban J connectivity index is 1.97. The second-order valence-corrected chi connectivity index (χ2v) is 4.63. The molecule has 1 saturated carbocycles. The number of nitrogens with zero attached hydrogens (tertiary/aromatic N) is 3. The first-order valence-electron chi connectivity index (χ1n) is 5.94. The van der Waals surface area contributed by atoms with Gasteiger partial charge in [0.25, 0.3) is 0 Å². The van der Waals surface area contributed by atoms with Crippen LogP contribution in [0.5, 0.6) is 5.88 Å². The number of aromatic hydroxyl groups is 1. The molecule has 90 valence electrons. The van der Waals surface area contributed by atoms with Crippen LogP contribution in [0.3, 0.4) is 0 Å². The molecule has 1 aliphatic rings. The summed E-state index contributed by atoms with van der Waals surface area (Å²) >= 11 is 0. The fourth-order valence-electron chi connectivity index (χ4n) is 2.50. The molecule has 1 fully saturated rings. The van der Waals surface area contributed by atoms with Gasteiger partial charge < -0.3 is 14.8 Å². The van der Waals surface area contributed by atoms with Crippen molar-refractivity contribution < 1.29 is 10.2 Å². The monoisotopic (exact) mass is 233 g/mol. The molecule has 3 rings (SSSR count). The first-order chi connectivity index (χ1) is 8.24. The Morgan fingerprint density at radius 2 is 1.94 bits per heavy atom. The zero-order valence-corrected chi connectivity index (χ0v) is 9.45. The zero-order valence-electron chi connectivity index (χ0n) is 9.45. The van der Waals surface area contributed by atoms with Crippen LogP contribution >= 0.6 is 0 Å². The van der Waals surface area contributed by atoms with Crippen molar-refractivity contribution in [3.05, 3.63) is 18.5 Å². The number of pyridine rings is 1. The molecule has 0 spiro atoms. The number of hydrogen-bond donors (Lipinski definition) is 2. The van der Waals surface area contributed by atoms with Gasteiger partial charge in [0.1, 0.15) is 5.52 Å². The maximum Gasteiger partial charge on any atom is 0.212 e. The lowest BCUT2D eigenvalue weighted by molar-refractivity contribution is 0.111. The number of aromatic nitrogens is 3. The maximum atomic E-state index is 9.50. The van der Waals surface area contributed by atoms with Crippen LogP contribution in [-0.4, -0.2) is 30.9 Å². The molecule has 0 radical (unpaired) electrons. The van der Waals surface area contributed by atoms with Crippen LogP contribution in [-0.2, 0) is 0 Å². The van der Waals surface area contributed by atoms with E-state index in [2.05, 4.69) is 9.97 Å². The van der Waals surface area contributed by atoms with Crippen molar-refractivity contribution in [1.29, 1.82) is 0 Å². The van der Waals surface area contributed by atoms with E-state index in [1.54, 1.807) is 18.5 Å². The predicted octanol–water partition coefficient (Wildman–Crippen LogP) is 1.61. The van der Waals surface area contributed by atoms with Gasteiger partial charge in [-0.2, -0.15) is 4.98 Å². The Bertz CT molecular complexity index is 530. The second-order valence-electron chi connectivity index (χ2n) is 4.63. The summed E-state index contributed by atoms with van der Waals surface area (Å²) in [7, 11) is 0. The highest BCUT2D eigenvalue weighted by atomic mass is 16.3. The van der Waals surface area contributed by atoms with E-state index in [-0.39, 0.29) is 12.0 Å². The summed E-state index contributed by atoms with van der Waals surface area (Å²) in [5, 5.41) is 18.9. The quantitative estimate of drug-likeness (QED) is 0.785. The Morgan fingerprint density at radius 3 is 2.71 bits per heavy atom. The summed E-state index contributed by atoms with van der Waals surface area (Å²) in [6.45, 7) is 0. The topological polar surface area (TPSA) is 71.2 Å². The van der Waals surface area contributed by atoms with Crippen molar-refractivity contribution >= 4 is 11.2 Å². The van der Waals surface area contributed by atoms with Gasteiger partial charge in [-0.3, -0.25) is 0 Å². The van der Waals surface area contributed by atoms with E-state index >= 15 is 0 Å². The number of imidazole rings is 1. The van der Waals surface area contributed by atoms with Gasteiger partial charge in [0.15, 0.2) is 5.65 Å². The lowest BCUT2D eigenvalue weighted by atomic mass is 9.93. The summed E-state index contributed by atoms with van der Waals surface area (Å²) in [4.78, 5) is 8.40. The number of aliphatic hydroxyl groups is 1. The number of hydrogen-bond acceptors (Lipinski definition) is 4. The van der Waals surface area contributed by atoms with E-state index in [0.717, 1.165) is 36.8 Å². The van der Waals surface area contributed by atoms with E-state index in [1.165, 1.54) is 0 Å². The molecule has 2 aromatic rings. The minimum Gasteiger partial charge on any atom is -0.493 e. The molecule has 0 aromatic carbocycles. The van der Waals surface area contributed by atoms with Crippen LogP contribution in [0.1, 0.15) is 31.7 Å². The van der Waals surface area contributed by atoms with E-state index in [4.69, 9.17) is 0 Å². The smallest absolute Gasteiger partial charge is 0.212 e. The van der Waals surface area contributed by atoms with Crippen LogP contribution in [0.15, 0.2) is 18.5 Å². The van der Waals surface area contributed by atoms with E-state index in [9.17, 15) is 10.2 Å². The third-order valence-electron chi connectivity index (χ3n) is 3.47. The van der Waals surface area contributed by atoms with Gasteiger partial charge in [0.2, 0.25) is 5.88 Å².